The molecule has 0 saturated heterocycles. The van der Waals surface area contributed by atoms with Gasteiger partial charge in [0, 0.05) is 31.8 Å². The summed E-state index contributed by atoms with van der Waals surface area (Å²) in [4.78, 5) is 4.23. The molecule has 0 spiro atoms. The van der Waals surface area contributed by atoms with Gasteiger partial charge in [0.15, 0.2) is 5.11 Å². The number of hydrogen-bond donors (Lipinski definition) is 2. The maximum absolute atomic E-state index is 5.17. The van der Waals surface area contributed by atoms with Crippen LogP contribution in [-0.2, 0) is 4.74 Å². The molecule has 0 aliphatic rings. The van der Waals surface area contributed by atoms with Crippen molar-refractivity contribution in [3.8, 4) is 0 Å². The van der Waals surface area contributed by atoms with Gasteiger partial charge in [0.1, 0.15) is 5.01 Å². The molecule has 1 heterocycles. The smallest absolute Gasteiger partial charge is 0.166 e. The molecule has 0 fully saturated rings. The van der Waals surface area contributed by atoms with Crippen LogP contribution in [0, 0.1) is 0 Å². The van der Waals surface area contributed by atoms with Crippen LogP contribution in [0.25, 0.3) is 0 Å². The number of thiocarbonyl (C=S) groups is 1. The topological polar surface area (TPSA) is 46.2 Å². The van der Waals surface area contributed by atoms with E-state index in [1.807, 2.05) is 12.3 Å². The lowest BCUT2D eigenvalue weighted by Gasteiger charge is -2.14. The van der Waals surface area contributed by atoms with E-state index in [9.17, 15) is 0 Å². The highest BCUT2D eigenvalue weighted by Gasteiger charge is 2.08. The predicted molar refractivity (Wildman–Crippen MR) is 70.8 cm³/mol. The van der Waals surface area contributed by atoms with E-state index < -0.39 is 0 Å². The second-order valence-corrected chi connectivity index (χ2v) is 4.67. The van der Waals surface area contributed by atoms with E-state index >= 15 is 0 Å². The standard InChI is InChI=1S/C10H17N3OS2/c1-8(9-11-5-7-16-9)13-10(15)12-4-3-6-14-2/h5,7-8H,3-4,6H2,1-2H3,(H2,12,13,15). The molecule has 0 radical (unpaired) electrons. The predicted octanol–water partition coefficient (Wildman–Crippen LogP) is 1.70. The fourth-order valence-corrected chi connectivity index (χ4v) is 2.10. The Kier molecular flexibility index (Phi) is 6.29. The van der Waals surface area contributed by atoms with Crippen LogP contribution < -0.4 is 10.6 Å². The molecular formula is C10H17N3OS2. The zero-order valence-corrected chi connectivity index (χ0v) is 11.2. The van der Waals surface area contributed by atoms with E-state index in [1.165, 1.54) is 0 Å². The van der Waals surface area contributed by atoms with E-state index in [2.05, 4.69) is 15.6 Å². The van der Waals surface area contributed by atoms with Crippen molar-refractivity contribution < 1.29 is 4.74 Å². The van der Waals surface area contributed by atoms with Gasteiger partial charge in [-0.2, -0.15) is 0 Å². The van der Waals surface area contributed by atoms with E-state index in [-0.39, 0.29) is 6.04 Å². The number of nitrogens with zero attached hydrogens (tertiary/aromatic N) is 1. The zero-order valence-electron chi connectivity index (χ0n) is 9.53. The van der Waals surface area contributed by atoms with Crippen LogP contribution in [0.5, 0.6) is 0 Å². The lowest BCUT2D eigenvalue weighted by atomic mass is 10.3. The summed E-state index contributed by atoms with van der Waals surface area (Å²) in [5.74, 6) is 0. The maximum atomic E-state index is 5.17. The number of rotatable bonds is 6. The van der Waals surface area contributed by atoms with Crippen molar-refractivity contribution in [3.05, 3.63) is 16.6 Å². The number of thiazole rings is 1. The van der Waals surface area contributed by atoms with Crippen molar-refractivity contribution >= 4 is 28.7 Å². The van der Waals surface area contributed by atoms with Gasteiger partial charge >= 0.3 is 0 Å². The van der Waals surface area contributed by atoms with Gasteiger partial charge in [-0.25, -0.2) is 4.98 Å². The van der Waals surface area contributed by atoms with Crippen LogP contribution in [-0.4, -0.2) is 30.4 Å². The van der Waals surface area contributed by atoms with Crippen molar-refractivity contribution in [2.24, 2.45) is 0 Å². The van der Waals surface area contributed by atoms with E-state index in [1.54, 1.807) is 24.6 Å². The van der Waals surface area contributed by atoms with Crippen LogP contribution in [0.3, 0.4) is 0 Å². The molecule has 0 bridgehead atoms. The molecule has 1 aromatic rings. The van der Waals surface area contributed by atoms with Crippen LogP contribution >= 0.6 is 23.6 Å². The molecule has 1 aromatic heterocycles. The molecule has 0 saturated carbocycles. The molecule has 16 heavy (non-hydrogen) atoms. The van der Waals surface area contributed by atoms with Gasteiger partial charge in [-0.3, -0.25) is 0 Å². The summed E-state index contributed by atoms with van der Waals surface area (Å²) in [6.07, 6.45) is 2.75. The SMILES string of the molecule is COCCCNC(=S)NC(C)c1nccs1. The van der Waals surface area contributed by atoms with Crippen LogP contribution in [0.15, 0.2) is 11.6 Å². The van der Waals surface area contributed by atoms with E-state index in [0.717, 1.165) is 24.6 Å². The first kappa shape index (κ1) is 13.3. The third-order valence-corrected chi connectivity index (χ3v) is 3.20. The molecule has 2 N–H and O–H groups in total. The van der Waals surface area contributed by atoms with Crippen molar-refractivity contribution in [3.63, 3.8) is 0 Å². The lowest BCUT2D eigenvalue weighted by molar-refractivity contribution is 0.195. The van der Waals surface area contributed by atoms with Gasteiger partial charge in [-0.1, -0.05) is 0 Å². The number of methoxy groups -OCH3 is 1. The van der Waals surface area contributed by atoms with Crippen LogP contribution in [0.2, 0.25) is 0 Å². The number of ether oxygens (including phenoxy) is 1. The van der Waals surface area contributed by atoms with Crippen molar-refractivity contribution in [1.29, 1.82) is 0 Å². The Balaban J connectivity index is 2.19. The molecule has 1 atom stereocenters. The van der Waals surface area contributed by atoms with Crippen LogP contribution in [0.4, 0.5) is 0 Å². The fraction of sp³-hybridized carbons (Fsp3) is 0.600. The molecular weight excluding hydrogens is 242 g/mol. The van der Waals surface area contributed by atoms with E-state index in [4.69, 9.17) is 17.0 Å². The summed E-state index contributed by atoms with van der Waals surface area (Å²) < 4.78 is 4.95. The van der Waals surface area contributed by atoms with Crippen molar-refractivity contribution in [1.82, 2.24) is 15.6 Å². The van der Waals surface area contributed by atoms with Crippen LogP contribution in [0.1, 0.15) is 24.4 Å². The second kappa shape index (κ2) is 7.54. The Morgan fingerprint density at radius 3 is 3.12 bits per heavy atom. The summed E-state index contributed by atoms with van der Waals surface area (Å²) in [6, 6.07) is 0.155. The summed E-state index contributed by atoms with van der Waals surface area (Å²) in [7, 11) is 1.70. The molecule has 6 heteroatoms. The van der Waals surface area contributed by atoms with Gasteiger partial charge in [0.25, 0.3) is 0 Å². The molecule has 4 nitrogen and oxygen atoms in total. The molecule has 0 amide bonds. The molecule has 90 valence electrons. The van der Waals surface area contributed by atoms with Gasteiger partial charge in [0.2, 0.25) is 0 Å². The monoisotopic (exact) mass is 259 g/mol. The number of nitrogens with one attached hydrogen (secondary N) is 2. The normalized spacial score (nSPS) is 12.1. The second-order valence-electron chi connectivity index (χ2n) is 3.34. The van der Waals surface area contributed by atoms with Gasteiger partial charge in [-0.05, 0) is 25.6 Å². The third-order valence-electron chi connectivity index (χ3n) is 1.98. The van der Waals surface area contributed by atoms with E-state index in [0.29, 0.717) is 5.11 Å². The summed E-state index contributed by atoms with van der Waals surface area (Å²) in [5.41, 5.74) is 0. The minimum Gasteiger partial charge on any atom is -0.385 e. The Morgan fingerprint density at radius 1 is 1.69 bits per heavy atom. The minimum atomic E-state index is 0.155. The largest absolute Gasteiger partial charge is 0.385 e. The summed E-state index contributed by atoms with van der Waals surface area (Å²) in [6.45, 7) is 3.61. The average molecular weight is 259 g/mol. The Labute approximate surface area is 105 Å². The average Bonchev–Trinajstić information content (AvgIpc) is 2.77. The van der Waals surface area contributed by atoms with Gasteiger partial charge < -0.3 is 15.4 Å². The summed E-state index contributed by atoms with van der Waals surface area (Å²) >= 11 is 6.79. The van der Waals surface area contributed by atoms with Gasteiger partial charge in [-0.15, -0.1) is 11.3 Å². The highest BCUT2D eigenvalue weighted by Crippen LogP contribution is 2.14. The van der Waals surface area contributed by atoms with Crippen molar-refractivity contribution in [2.75, 3.05) is 20.3 Å². The van der Waals surface area contributed by atoms with Crippen molar-refractivity contribution in [2.45, 2.75) is 19.4 Å². The quantitative estimate of drug-likeness (QED) is 0.601. The first-order chi connectivity index (χ1) is 7.74. The maximum Gasteiger partial charge on any atom is 0.166 e. The zero-order chi connectivity index (χ0) is 11.8. The molecule has 0 aromatic carbocycles. The minimum absolute atomic E-state index is 0.155. The first-order valence-electron chi connectivity index (χ1n) is 5.16. The highest BCUT2D eigenvalue weighted by molar-refractivity contribution is 7.80. The van der Waals surface area contributed by atoms with Gasteiger partial charge in [0.05, 0.1) is 6.04 Å². The molecule has 1 unspecified atom stereocenters. The molecule has 0 aliphatic carbocycles. The first-order valence-corrected chi connectivity index (χ1v) is 6.45. The summed E-state index contributed by atoms with van der Waals surface area (Å²) in [5, 5.41) is 9.98. The number of hydrogen-bond acceptors (Lipinski definition) is 4. The fourth-order valence-electron chi connectivity index (χ4n) is 1.18. The Bertz CT molecular complexity index is 303. The molecule has 1 rings (SSSR count). The Hall–Kier alpha value is -0.720. The lowest BCUT2D eigenvalue weighted by Crippen LogP contribution is -2.37. The Morgan fingerprint density at radius 2 is 2.50 bits per heavy atom. The third kappa shape index (κ3) is 4.87. The molecule has 0 aliphatic heterocycles. The highest BCUT2D eigenvalue weighted by atomic mass is 32.1. The number of aromatic nitrogens is 1.